The summed E-state index contributed by atoms with van der Waals surface area (Å²) < 4.78 is 0.906. The van der Waals surface area contributed by atoms with Crippen LogP contribution in [-0.2, 0) is 11.3 Å². The van der Waals surface area contributed by atoms with Gasteiger partial charge >= 0.3 is 5.97 Å². The van der Waals surface area contributed by atoms with E-state index >= 15 is 0 Å². The second-order valence-corrected chi connectivity index (χ2v) is 4.72. The summed E-state index contributed by atoms with van der Waals surface area (Å²) in [6, 6.07) is 5.51. The molecule has 0 bridgehead atoms. The number of rotatable bonds is 5. The van der Waals surface area contributed by atoms with E-state index in [1.165, 1.54) is 0 Å². The van der Waals surface area contributed by atoms with Crippen LogP contribution in [0, 0.1) is 0 Å². The molecule has 1 aromatic carbocycles. The topological polar surface area (TPSA) is 40.5 Å². The third-order valence-electron chi connectivity index (χ3n) is 2.22. The van der Waals surface area contributed by atoms with Crippen LogP contribution in [0.2, 0.25) is 5.02 Å². The molecule has 0 aliphatic carbocycles. The Labute approximate surface area is 108 Å². The van der Waals surface area contributed by atoms with Crippen molar-refractivity contribution in [3.63, 3.8) is 0 Å². The van der Waals surface area contributed by atoms with Crippen molar-refractivity contribution in [1.29, 1.82) is 0 Å². The third-order valence-corrected chi connectivity index (χ3v) is 3.19. The Bertz CT molecular complexity index is 384. The molecular formula is C11H13BrClNO2. The van der Waals surface area contributed by atoms with Crippen LogP contribution in [0.15, 0.2) is 22.7 Å². The molecule has 0 aliphatic rings. The van der Waals surface area contributed by atoms with Gasteiger partial charge in [0, 0.05) is 16.0 Å². The fourth-order valence-corrected chi connectivity index (χ4v) is 2.17. The standard InChI is InChI=1S/C11H13BrClNO2/c1-2-14(7-11(15)16)6-8-3-4-9(13)5-10(8)12/h3-5H,2,6-7H2,1H3,(H,15,16). The summed E-state index contributed by atoms with van der Waals surface area (Å²) in [5.74, 6) is -0.813. The van der Waals surface area contributed by atoms with Crippen LogP contribution in [0.25, 0.3) is 0 Å². The highest BCUT2D eigenvalue weighted by Gasteiger charge is 2.10. The van der Waals surface area contributed by atoms with Crippen LogP contribution < -0.4 is 0 Å². The SMILES string of the molecule is CCN(CC(=O)O)Cc1ccc(Cl)cc1Br. The first-order valence-corrected chi connectivity index (χ1v) is 6.08. The largest absolute Gasteiger partial charge is 0.480 e. The van der Waals surface area contributed by atoms with Crippen molar-refractivity contribution >= 4 is 33.5 Å². The van der Waals surface area contributed by atoms with Gasteiger partial charge in [-0.25, -0.2) is 0 Å². The lowest BCUT2D eigenvalue weighted by molar-refractivity contribution is -0.138. The van der Waals surface area contributed by atoms with Crippen molar-refractivity contribution in [3.8, 4) is 0 Å². The number of halogens is 2. The number of likely N-dealkylation sites (N-methyl/N-ethyl adjacent to an activating group) is 1. The van der Waals surface area contributed by atoms with E-state index in [2.05, 4.69) is 15.9 Å². The van der Waals surface area contributed by atoms with Gasteiger partial charge in [0.05, 0.1) is 6.54 Å². The second-order valence-electron chi connectivity index (χ2n) is 3.43. The number of benzene rings is 1. The smallest absolute Gasteiger partial charge is 0.317 e. The summed E-state index contributed by atoms with van der Waals surface area (Å²) in [5.41, 5.74) is 1.03. The molecule has 16 heavy (non-hydrogen) atoms. The van der Waals surface area contributed by atoms with Crippen molar-refractivity contribution in [2.45, 2.75) is 13.5 Å². The van der Waals surface area contributed by atoms with Crippen molar-refractivity contribution in [2.24, 2.45) is 0 Å². The number of hydrogen-bond acceptors (Lipinski definition) is 2. The Kier molecular flexibility index (Phi) is 5.25. The zero-order valence-corrected chi connectivity index (χ0v) is 11.3. The fraction of sp³-hybridized carbons (Fsp3) is 0.364. The van der Waals surface area contributed by atoms with Crippen LogP contribution in [0.5, 0.6) is 0 Å². The summed E-state index contributed by atoms with van der Waals surface area (Å²) in [6.45, 7) is 3.28. The maximum absolute atomic E-state index is 10.6. The molecule has 5 heteroatoms. The molecule has 0 unspecified atom stereocenters. The molecule has 0 atom stereocenters. The molecule has 88 valence electrons. The van der Waals surface area contributed by atoms with E-state index < -0.39 is 5.97 Å². The molecular weight excluding hydrogens is 293 g/mol. The molecule has 3 nitrogen and oxygen atoms in total. The number of carboxylic acids is 1. The molecule has 0 heterocycles. The van der Waals surface area contributed by atoms with Gasteiger partial charge in [-0.2, -0.15) is 0 Å². The molecule has 0 aliphatic heterocycles. The molecule has 1 aromatic rings. The van der Waals surface area contributed by atoms with E-state index in [1.807, 2.05) is 24.0 Å². The van der Waals surface area contributed by atoms with Gasteiger partial charge in [-0.1, -0.05) is 40.5 Å². The number of nitrogens with zero attached hydrogens (tertiary/aromatic N) is 1. The number of aliphatic carboxylic acids is 1. The average molecular weight is 307 g/mol. The molecule has 1 rings (SSSR count). The number of hydrogen-bond donors (Lipinski definition) is 1. The minimum Gasteiger partial charge on any atom is -0.480 e. The molecule has 0 amide bonds. The van der Waals surface area contributed by atoms with Gasteiger partial charge in [0.25, 0.3) is 0 Å². The normalized spacial score (nSPS) is 10.8. The maximum atomic E-state index is 10.6. The molecule has 0 radical (unpaired) electrons. The minimum absolute atomic E-state index is 0.0472. The van der Waals surface area contributed by atoms with Crippen molar-refractivity contribution in [1.82, 2.24) is 4.90 Å². The first-order chi connectivity index (χ1) is 7.52. The van der Waals surface area contributed by atoms with E-state index in [9.17, 15) is 4.79 Å². The predicted molar refractivity (Wildman–Crippen MR) is 67.7 cm³/mol. The quantitative estimate of drug-likeness (QED) is 0.909. The monoisotopic (exact) mass is 305 g/mol. The predicted octanol–water partition coefficient (Wildman–Crippen LogP) is 3.01. The Morgan fingerprint density at radius 3 is 2.75 bits per heavy atom. The van der Waals surface area contributed by atoms with E-state index in [0.29, 0.717) is 18.1 Å². The Hall–Kier alpha value is -0.580. The molecule has 0 aromatic heterocycles. The van der Waals surface area contributed by atoms with Gasteiger partial charge in [0.2, 0.25) is 0 Å². The van der Waals surface area contributed by atoms with Gasteiger partial charge < -0.3 is 5.11 Å². The number of carbonyl (C=O) groups is 1. The summed E-state index contributed by atoms with van der Waals surface area (Å²) in [7, 11) is 0. The number of carboxylic acid groups (broad SMARTS) is 1. The van der Waals surface area contributed by atoms with Crippen molar-refractivity contribution in [3.05, 3.63) is 33.3 Å². The Morgan fingerprint density at radius 2 is 2.25 bits per heavy atom. The first-order valence-electron chi connectivity index (χ1n) is 4.91. The highest BCUT2D eigenvalue weighted by atomic mass is 79.9. The van der Waals surface area contributed by atoms with Gasteiger partial charge in [0.1, 0.15) is 0 Å². The average Bonchev–Trinajstić information content (AvgIpc) is 2.20. The lowest BCUT2D eigenvalue weighted by Crippen LogP contribution is -2.29. The summed E-state index contributed by atoms with van der Waals surface area (Å²) >= 11 is 9.25. The van der Waals surface area contributed by atoms with Crippen molar-refractivity contribution in [2.75, 3.05) is 13.1 Å². The fourth-order valence-electron chi connectivity index (χ4n) is 1.36. The molecule has 0 fully saturated rings. The lowest BCUT2D eigenvalue weighted by Gasteiger charge is -2.18. The summed E-state index contributed by atoms with van der Waals surface area (Å²) in [6.07, 6.45) is 0. The Balaban J connectivity index is 2.73. The molecule has 1 N–H and O–H groups in total. The van der Waals surface area contributed by atoms with Crippen LogP contribution in [-0.4, -0.2) is 29.1 Å². The third kappa shape index (κ3) is 4.12. The van der Waals surface area contributed by atoms with Crippen LogP contribution in [0.1, 0.15) is 12.5 Å². The van der Waals surface area contributed by atoms with Gasteiger partial charge in [-0.3, -0.25) is 9.69 Å². The summed E-state index contributed by atoms with van der Waals surface area (Å²) in [5, 5.41) is 9.40. The van der Waals surface area contributed by atoms with Crippen LogP contribution in [0.4, 0.5) is 0 Å². The van der Waals surface area contributed by atoms with E-state index in [1.54, 1.807) is 6.07 Å². The zero-order valence-electron chi connectivity index (χ0n) is 8.91. The Morgan fingerprint density at radius 1 is 1.56 bits per heavy atom. The van der Waals surface area contributed by atoms with E-state index in [4.69, 9.17) is 16.7 Å². The van der Waals surface area contributed by atoms with Crippen LogP contribution in [0.3, 0.4) is 0 Å². The molecule has 0 saturated carbocycles. The van der Waals surface area contributed by atoms with E-state index in [0.717, 1.165) is 10.0 Å². The zero-order chi connectivity index (χ0) is 12.1. The van der Waals surface area contributed by atoms with Gasteiger partial charge in [-0.05, 0) is 24.2 Å². The highest BCUT2D eigenvalue weighted by Crippen LogP contribution is 2.22. The first kappa shape index (κ1) is 13.5. The van der Waals surface area contributed by atoms with Crippen molar-refractivity contribution < 1.29 is 9.90 Å². The second kappa shape index (κ2) is 6.23. The van der Waals surface area contributed by atoms with E-state index in [-0.39, 0.29) is 6.54 Å². The molecule has 0 saturated heterocycles. The van der Waals surface area contributed by atoms with Gasteiger partial charge in [0.15, 0.2) is 0 Å². The highest BCUT2D eigenvalue weighted by molar-refractivity contribution is 9.10. The lowest BCUT2D eigenvalue weighted by atomic mass is 10.2. The maximum Gasteiger partial charge on any atom is 0.317 e. The van der Waals surface area contributed by atoms with Crippen LogP contribution >= 0.6 is 27.5 Å². The molecule has 0 spiro atoms. The minimum atomic E-state index is -0.813. The summed E-state index contributed by atoms with van der Waals surface area (Å²) in [4.78, 5) is 12.5. The van der Waals surface area contributed by atoms with Gasteiger partial charge in [-0.15, -0.1) is 0 Å².